The highest BCUT2D eigenvalue weighted by Crippen LogP contribution is 2.37. The molecule has 1 fully saturated rings. The lowest BCUT2D eigenvalue weighted by Crippen LogP contribution is -2.52. The van der Waals surface area contributed by atoms with E-state index in [4.69, 9.17) is 0 Å². The molecule has 6 nitrogen and oxygen atoms in total. The summed E-state index contributed by atoms with van der Waals surface area (Å²) in [7, 11) is 0. The number of carbonyl (C=O) groups excluding carboxylic acids is 3. The van der Waals surface area contributed by atoms with Crippen LogP contribution >= 0.6 is 15.9 Å². The first-order valence-electron chi connectivity index (χ1n) is 15.7. The van der Waals surface area contributed by atoms with E-state index in [0.29, 0.717) is 31.5 Å². The average molecular weight is 653 g/mol. The molecule has 1 heterocycles. The maximum absolute atomic E-state index is 14.1. The summed E-state index contributed by atoms with van der Waals surface area (Å²) in [6, 6.07) is 29.1. The van der Waals surface area contributed by atoms with Gasteiger partial charge >= 0.3 is 0 Å². The molecule has 44 heavy (non-hydrogen) atoms. The normalized spacial score (nSPS) is 15.4. The van der Waals surface area contributed by atoms with E-state index < -0.39 is 6.04 Å². The average Bonchev–Trinajstić information content (AvgIpc) is 3.32. The maximum atomic E-state index is 14.1. The van der Waals surface area contributed by atoms with Crippen LogP contribution in [0.4, 0.5) is 5.69 Å². The zero-order valence-electron chi connectivity index (χ0n) is 24.9. The minimum atomic E-state index is -0.651. The van der Waals surface area contributed by atoms with Gasteiger partial charge in [-0.1, -0.05) is 102 Å². The van der Waals surface area contributed by atoms with Crippen molar-refractivity contribution in [3.8, 4) is 0 Å². The van der Waals surface area contributed by atoms with Crippen LogP contribution in [0.1, 0.15) is 66.4 Å². The summed E-state index contributed by atoms with van der Waals surface area (Å²) in [5.74, 6) is -0.206. The Morgan fingerprint density at radius 3 is 2.34 bits per heavy atom. The molecule has 1 N–H and O–H groups in total. The fourth-order valence-corrected chi connectivity index (χ4v) is 6.88. The number of halogens is 1. The second kappa shape index (κ2) is 13.8. The summed E-state index contributed by atoms with van der Waals surface area (Å²) >= 11 is 3.51. The van der Waals surface area contributed by atoms with Gasteiger partial charge in [-0.25, -0.2) is 0 Å². The molecule has 7 heteroatoms. The van der Waals surface area contributed by atoms with Gasteiger partial charge < -0.3 is 15.1 Å². The molecule has 1 saturated carbocycles. The third kappa shape index (κ3) is 6.73. The van der Waals surface area contributed by atoms with Crippen molar-refractivity contribution in [2.75, 3.05) is 11.4 Å². The Hall–Kier alpha value is -3.97. The minimum Gasteiger partial charge on any atom is -0.352 e. The number of carbonyl (C=O) groups is 3. The van der Waals surface area contributed by atoms with Gasteiger partial charge in [0.2, 0.25) is 11.8 Å². The summed E-state index contributed by atoms with van der Waals surface area (Å²) in [4.78, 5) is 45.0. The zero-order chi connectivity index (χ0) is 30.5. The molecule has 2 aliphatic rings. The van der Waals surface area contributed by atoms with Crippen molar-refractivity contribution in [2.24, 2.45) is 0 Å². The summed E-state index contributed by atoms with van der Waals surface area (Å²) in [6.07, 6.45) is 6.54. The molecule has 4 aromatic rings. The van der Waals surface area contributed by atoms with Crippen molar-refractivity contribution in [2.45, 2.75) is 70.0 Å². The molecular weight excluding hydrogens is 614 g/mol. The number of anilines is 1. The minimum absolute atomic E-state index is 0.0234. The Balaban J connectivity index is 1.23. The second-order valence-corrected chi connectivity index (χ2v) is 12.9. The number of nitrogens with one attached hydrogen (secondary N) is 1. The van der Waals surface area contributed by atoms with Crippen LogP contribution < -0.4 is 10.2 Å². The molecule has 1 aliphatic carbocycles. The van der Waals surface area contributed by atoms with Crippen molar-refractivity contribution in [3.63, 3.8) is 0 Å². The van der Waals surface area contributed by atoms with E-state index in [-0.39, 0.29) is 30.2 Å². The lowest BCUT2D eigenvalue weighted by atomic mass is 9.94. The summed E-state index contributed by atoms with van der Waals surface area (Å²) in [6.45, 7) is 0.761. The molecule has 1 aliphatic heterocycles. The van der Waals surface area contributed by atoms with Gasteiger partial charge in [0.25, 0.3) is 5.91 Å². The van der Waals surface area contributed by atoms with Gasteiger partial charge in [0.1, 0.15) is 6.04 Å². The summed E-state index contributed by atoms with van der Waals surface area (Å²) in [5, 5.41) is 5.32. The fraction of sp³-hybridized carbons (Fsp3) is 0.324. The first-order chi connectivity index (χ1) is 21.5. The highest BCUT2D eigenvalue weighted by molar-refractivity contribution is 9.10. The molecule has 0 saturated heterocycles. The van der Waals surface area contributed by atoms with Crippen molar-refractivity contribution in [1.29, 1.82) is 0 Å². The van der Waals surface area contributed by atoms with E-state index in [1.165, 1.54) is 6.42 Å². The van der Waals surface area contributed by atoms with Crippen LogP contribution in [0.25, 0.3) is 10.8 Å². The van der Waals surface area contributed by atoms with Gasteiger partial charge in [-0.3, -0.25) is 14.4 Å². The number of nitrogens with zero attached hydrogens (tertiary/aromatic N) is 2. The van der Waals surface area contributed by atoms with Gasteiger partial charge in [-0.2, -0.15) is 0 Å². The van der Waals surface area contributed by atoms with Crippen LogP contribution in [0.15, 0.2) is 95.5 Å². The predicted octanol–water partition coefficient (Wildman–Crippen LogP) is 7.43. The Morgan fingerprint density at radius 2 is 1.59 bits per heavy atom. The van der Waals surface area contributed by atoms with Crippen molar-refractivity contribution < 1.29 is 14.4 Å². The van der Waals surface area contributed by atoms with Gasteiger partial charge in [0.15, 0.2) is 0 Å². The SMILES string of the molecule is O=C(NC1CCCCC1)[C@H](Cc1ccccc1)N(Cc1ccc(Br)cc1)C(=O)CCCN1C(=O)c2cccc3cccc1c23. The van der Waals surface area contributed by atoms with Gasteiger partial charge in [0, 0.05) is 47.4 Å². The van der Waals surface area contributed by atoms with Crippen LogP contribution in [-0.2, 0) is 22.6 Å². The highest BCUT2D eigenvalue weighted by Gasteiger charge is 2.33. The number of benzene rings is 4. The van der Waals surface area contributed by atoms with E-state index >= 15 is 0 Å². The zero-order valence-corrected chi connectivity index (χ0v) is 26.5. The summed E-state index contributed by atoms with van der Waals surface area (Å²) in [5.41, 5.74) is 3.58. The molecule has 3 amide bonds. The lowest BCUT2D eigenvalue weighted by Gasteiger charge is -2.33. The largest absolute Gasteiger partial charge is 0.352 e. The third-order valence-corrected chi connectivity index (χ3v) is 9.44. The molecule has 0 unspecified atom stereocenters. The van der Waals surface area contributed by atoms with Crippen molar-refractivity contribution in [3.05, 3.63) is 112 Å². The Bertz CT molecular complexity index is 1630. The number of amides is 3. The Labute approximate surface area is 267 Å². The number of rotatable bonds is 11. The molecule has 226 valence electrons. The monoisotopic (exact) mass is 651 g/mol. The predicted molar refractivity (Wildman–Crippen MR) is 179 cm³/mol. The topological polar surface area (TPSA) is 69.7 Å². The highest BCUT2D eigenvalue weighted by atomic mass is 79.9. The van der Waals surface area contributed by atoms with E-state index in [1.807, 2.05) is 91.0 Å². The molecule has 0 aromatic heterocycles. The van der Waals surface area contributed by atoms with Crippen molar-refractivity contribution >= 4 is 50.1 Å². The van der Waals surface area contributed by atoms with Crippen molar-refractivity contribution in [1.82, 2.24) is 10.2 Å². The van der Waals surface area contributed by atoms with E-state index in [9.17, 15) is 14.4 Å². The van der Waals surface area contributed by atoms with E-state index in [1.54, 1.807) is 9.80 Å². The standard InChI is InChI=1S/C37H38BrN3O3/c38-29-21-19-27(20-22-29)25-41(33(24-26-10-3-1-4-11-26)36(43)39-30-14-5-2-6-15-30)34(42)18-9-23-40-32-17-8-13-28-12-7-16-31(35(28)32)37(40)44/h1,3-4,7-8,10-13,16-17,19-22,30,33H,2,5-6,9,14-15,18,23-25H2,(H,39,43)/t33-/m0/s1. The molecule has 6 rings (SSSR count). The maximum Gasteiger partial charge on any atom is 0.258 e. The van der Waals surface area contributed by atoms with Crippen LogP contribution in [0.5, 0.6) is 0 Å². The molecule has 1 atom stereocenters. The summed E-state index contributed by atoms with van der Waals surface area (Å²) < 4.78 is 0.960. The smallest absolute Gasteiger partial charge is 0.258 e. The molecular formula is C37H38BrN3O3. The number of hydrogen-bond donors (Lipinski definition) is 1. The van der Waals surface area contributed by atoms with Gasteiger partial charge in [-0.15, -0.1) is 0 Å². The Kier molecular flexibility index (Phi) is 9.41. The lowest BCUT2D eigenvalue weighted by molar-refractivity contribution is -0.141. The fourth-order valence-electron chi connectivity index (χ4n) is 6.62. The van der Waals surface area contributed by atoms with Crippen LogP contribution in [0.3, 0.4) is 0 Å². The van der Waals surface area contributed by atoms with Crippen LogP contribution in [-0.4, -0.2) is 41.2 Å². The Morgan fingerprint density at radius 1 is 0.864 bits per heavy atom. The van der Waals surface area contributed by atoms with Crippen LogP contribution in [0.2, 0.25) is 0 Å². The first-order valence-corrected chi connectivity index (χ1v) is 16.5. The van der Waals surface area contributed by atoms with E-state index in [0.717, 1.165) is 57.7 Å². The van der Waals surface area contributed by atoms with Crippen LogP contribution in [0, 0.1) is 0 Å². The second-order valence-electron chi connectivity index (χ2n) is 11.9. The molecule has 4 aromatic carbocycles. The first kappa shape index (κ1) is 30.1. The van der Waals surface area contributed by atoms with Gasteiger partial charge in [-0.05, 0) is 60.0 Å². The quantitative estimate of drug-likeness (QED) is 0.183. The molecule has 0 radical (unpaired) electrons. The number of hydrogen-bond acceptors (Lipinski definition) is 3. The molecule has 0 bridgehead atoms. The van der Waals surface area contributed by atoms with E-state index in [2.05, 4.69) is 21.2 Å². The van der Waals surface area contributed by atoms with Gasteiger partial charge in [0.05, 0.1) is 5.69 Å². The molecule has 0 spiro atoms. The third-order valence-electron chi connectivity index (χ3n) is 8.91.